The van der Waals surface area contributed by atoms with Gasteiger partial charge >= 0.3 is 0 Å². The maximum absolute atomic E-state index is 13.3. The number of carbonyl (C=O) groups excluding carboxylic acids is 1. The fourth-order valence-electron chi connectivity index (χ4n) is 4.83. The van der Waals surface area contributed by atoms with Gasteiger partial charge in [0, 0.05) is 18.8 Å². The first kappa shape index (κ1) is 21.5. The van der Waals surface area contributed by atoms with Gasteiger partial charge in [-0.15, -0.1) is 0 Å². The zero-order valence-corrected chi connectivity index (χ0v) is 18.6. The van der Waals surface area contributed by atoms with Gasteiger partial charge in [-0.1, -0.05) is 18.2 Å². The Bertz CT molecular complexity index is 880. The Morgan fingerprint density at radius 2 is 1.52 bits per heavy atom. The molecule has 31 heavy (non-hydrogen) atoms. The number of piperidine rings is 1. The minimum atomic E-state index is -0.208. The fourth-order valence-corrected chi connectivity index (χ4v) is 4.83. The van der Waals surface area contributed by atoms with Gasteiger partial charge in [0.25, 0.3) is 0 Å². The summed E-state index contributed by atoms with van der Waals surface area (Å²) in [5.41, 5.74) is 8.70. The summed E-state index contributed by atoms with van der Waals surface area (Å²) >= 11 is 0. The van der Waals surface area contributed by atoms with Gasteiger partial charge in [0.2, 0.25) is 5.91 Å². The lowest BCUT2D eigenvalue weighted by molar-refractivity contribution is -0.128. The van der Waals surface area contributed by atoms with E-state index in [0.717, 1.165) is 56.7 Å². The summed E-state index contributed by atoms with van der Waals surface area (Å²) in [7, 11) is 0. The number of nitrogens with two attached hydrogens (primary N) is 1. The molecule has 6 nitrogen and oxygen atoms in total. The second kappa shape index (κ2) is 9.18. The monoisotopic (exact) mass is 423 g/mol. The number of nitrogen functional groups attached to an aromatic ring is 1. The van der Waals surface area contributed by atoms with Crippen molar-refractivity contribution >= 4 is 17.3 Å². The SMILES string of the molecule is CCOc1cc(CN2CCC3(CC2)CCN(c2ccccc2)C3=O)cc(OCC)c1N. The van der Waals surface area contributed by atoms with Gasteiger partial charge in [-0.2, -0.15) is 0 Å². The molecule has 0 aromatic heterocycles. The van der Waals surface area contributed by atoms with Crippen LogP contribution in [0.2, 0.25) is 0 Å². The Kier molecular flexibility index (Phi) is 6.37. The summed E-state index contributed by atoms with van der Waals surface area (Å²) in [5.74, 6) is 1.66. The normalized spacial score (nSPS) is 18.5. The number of hydrogen-bond acceptors (Lipinski definition) is 5. The number of nitrogens with zero attached hydrogens (tertiary/aromatic N) is 2. The van der Waals surface area contributed by atoms with Gasteiger partial charge in [0.05, 0.1) is 18.6 Å². The maximum atomic E-state index is 13.3. The number of ether oxygens (including phenoxy) is 2. The van der Waals surface area contributed by atoms with E-state index in [1.807, 2.05) is 61.2 Å². The van der Waals surface area contributed by atoms with Crippen LogP contribution in [0.5, 0.6) is 11.5 Å². The van der Waals surface area contributed by atoms with Crippen molar-refractivity contribution in [3.8, 4) is 11.5 Å². The van der Waals surface area contributed by atoms with Gasteiger partial charge in [0.1, 0.15) is 17.2 Å². The lowest BCUT2D eigenvalue weighted by atomic mass is 9.77. The topological polar surface area (TPSA) is 68.0 Å². The highest BCUT2D eigenvalue weighted by Gasteiger charge is 2.48. The Hall–Kier alpha value is -2.73. The van der Waals surface area contributed by atoms with Gasteiger partial charge in [-0.3, -0.25) is 9.69 Å². The van der Waals surface area contributed by atoms with Crippen molar-refractivity contribution in [3.05, 3.63) is 48.0 Å². The number of para-hydroxylation sites is 1. The van der Waals surface area contributed by atoms with Crippen molar-refractivity contribution < 1.29 is 14.3 Å². The standard InChI is InChI=1S/C25H33N3O3/c1-3-30-21-16-19(17-22(23(21)26)31-4-2)18-27-13-10-25(11-14-27)12-15-28(24(25)29)20-8-6-5-7-9-20/h5-9,16-17H,3-4,10-15,18,26H2,1-2H3. The maximum Gasteiger partial charge on any atom is 0.233 e. The summed E-state index contributed by atoms with van der Waals surface area (Å²) < 4.78 is 11.4. The molecule has 2 aromatic rings. The number of likely N-dealkylation sites (tertiary alicyclic amines) is 1. The molecule has 0 aliphatic carbocycles. The molecule has 2 aromatic carbocycles. The molecule has 2 aliphatic heterocycles. The molecular weight excluding hydrogens is 390 g/mol. The fraction of sp³-hybridized carbons (Fsp3) is 0.480. The minimum absolute atomic E-state index is 0.208. The van der Waals surface area contributed by atoms with Crippen LogP contribution in [-0.4, -0.2) is 43.7 Å². The first-order valence-electron chi connectivity index (χ1n) is 11.3. The van der Waals surface area contributed by atoms with E-state index < -0.39 is 0 Å². The lowest BCUT2D eigenvalue weighted by Gasteiger charge is -2.38. The quantitative estimate of drug-likeness (QED) is 0.680. The van der Waals surface area contributed by atoms with E-state index in [1.54, 1.807) is 0 Å². The van der Waals surface area contributed by atoms with E-state index in [2.05, 4.69) is 4.90 Å². The van der Waals surface area contributed by atoms with Crippen LogP contribution >= 0.6 is 0 Å². The Labute approximate surface area is 184 Å². The van der Waals surface area contributed by atoms with Crippen LogP contribution in [0.1, 0.15) is 38.7 Å². The van der Waals surface area contributed by atoms with E-state index in [9.17, 15) is 4.79 Å². The number of anilines is 2. The average Bonchev–Trinajstić information content (AvgIpc) is 3.10. The number of rotatable bonds is 7. The van der Waals surface area contributed by atoms with Crippen molar-refractivity contribution in [2.75, 3.05) is 43.5 Å². The third-order valence-electron chi connectivity index (χ3n) is 6.56. The predicted molar refractivity (Wildman–Crippen MR) is 124 cm³/mol. The Morgan fingerprint density at radius 1 is 0.935 bits per heavy atom. The summed E-state index contributed by atoms with van der Waals surface area (Å²) in [4.78, 5) is 17.7. The Morgan fingerprint density at radius 3 is 2.10 bits per heavy atom. The zero-order valence-electron chi connectivity index (χ0n) is 18.6. The average molecular weight is 424 g/mol. The van der Waals surface area contributed by atoms with Crippen LogP contribution in [-0.2, 0) is 11.3 Å². The lowest BCUT2D eigenvalue weighted by Crippen LogP contribution is -2.44. The van der Waals surface area contributed by atoms with Gasteiger partial charge < -0.3 is 20.1 Å². The largest absolute Gasteiger partial charge is 0.492 e. The van der Waals surface area contributed by atoms with Crippen molar-refractivity contribution in [1.82, 2.24) is 4.90 Å². The molecular formula is C25H33N3O3. The molecule has 4 rings (SSSR count). The first-order chi connectivity index (χ1) is 15.1. The molecule has 0 saturated carbocycles. The second-order valence-corrected chi connectivity index (χ2v) is 8.47. The predicted octanol–water partition coefficient (Wildman–Crippen LogP) is 4.09. The summed E-state index contributed by atoms with van der Waals surface area (Å²) in [6.07, 6.45) is 2.75. The smallest absolute Gasteiger partial charge is 0.233 e. The van der Waals surface area contributed by atoms with E-state index >= 15 is 0 Å². The highest BCUT2D eigenvalue weighted by atomic mass is 16.5. The molecule has 0 unspecified atom stereocenters. The van der Waals surface area contributed by atoms with Crippen LogP contribution in [0.15, 0.2) is 42.5 Å². The van der Waals surface area contributed by atoms with E-state index in [1.165, 1.54) is 0 Å². The number of amides is 1. The van der Waals surface area contributed by atoms with Gasteiger partial charge in [0.15, 0.2) is 0 Å². The molecule has 2 N–H and O–H groups in total. The highest BCUT2D eigenvalue weighted by Crippen LogP contribution is 2.43. The van der Waals surface area contributed by atoms with Crippen LogP contribution in [0.3, 0.4) is 0 Å². The molecule has 1 spiro atoms. The molecule has 2 aliphatic rings. The molecule has 0 radical (unpaired) electrons. The Balaban J connectivity index is 1.42. The summed E-state index contributed by atoms with van der Waals surface area (Å²) in [5, 5.41) is 0. The molecule has 1 amide bonds. The molecule has 0 atom stereocenters. The molecule has 6 heteroatoms. The van der Waals surface area contributed by atoms with Crippen LogP contribution in [0.25, 0.3) is 0 Å². The van der Waals surface area contributed by atoms with Crippen molar-refractivity contribution in [2.45, 2.75) is 39.7 Å². The van der Waals surface area contributed by atoms with Crippen LogP contribution in [0, 0.1) is 5.41 Å². The highest BCUT2D eigenvalue weighted by molar-refractivity contribution is 5.99. The van der Waals surface area contributed by atoms with Crippen molar-refractivity contribution in [1.29, 1.82) is 0 Å². The van der Waals surface area contributed by atoms with E-state index in [0.29, 0.717) is 36.3 Å². The second-order valence-electron chi connectivity index (χ2n) is 8.47. The molecule has 0 bridgehead atoms. The molecule has 2 fully saturated rings. The number of carbonyl (C=O) groups is 1. The minimum Gasteiger partial charge on any atom is -0.492 e. The third kappa shape index (κ3) is 4.35. The van der Waals surface area contributed by atoms with Gasteiger partial charge in [-0.05, 0) is 76.0 Å². The molecule has 166 valence electrons. The zero-order chi connectivity index (χ0) is 21.8. The first-order valence-corrected chi connectivity index (χ1v) is 11.3. The van der Waals surface area contributed by atoms with Crippen molar-refractivity contribution in [2.24, 2.45) is 5.41 Å². The van der Waals surface area contributed by atoms with E-state index in [-0.39, 0.29) is 5.41 Å². The summed E-state index contributed by atoms with van der Waals surface area (Å²) in [6.45, 7) is 8.46. The molecule has 2 heterocycles. The van der Waals surface area contributed by atoms with E-state index in [4.69, 9.17) is 15.2 Å². The van der Waals surface area contributed by atoms with Crippen molar-refractivity contribution in [3.63, 3.8) is 0 Å². The molecule has 2 saturated heterocycles. The van der Waals surface area contributed by atoms with Crippen LogP contribution < -0.4 is 20.1 Å². The van der Waals surface area contributed by atoms with Gasteiger partial charge in [-0.25, -0.2) is 0 Å². The number of benzene rings is 2. The summed E-state index contributed by atoms with van der Waals surface area (Å²) in [6, 6.07) is 14.1. The van der Waals surface area contributed by atoms with Crippen LogP contribution in [0.4, 0.5) is 11.4 Å². The number of hydrogen-bond donors (Lipinski definition) is 1. The third-order valence-corrected chi connectivity index (χ3v) is 6.56.